The number of rotatable bonds is 13. The average Bonchev–Trinajstić information content (AvgIpc) is 1.82. The van der Waals surface area contributed by atoms with Crippen LogP contribution in [0.25, 0.3) is 49.1 Å². The lowest BCUT2D eigenvalue weighted by atomic mass is 9.99. The number of fused-ring (bicyclic) bond motifs is 11. The highest BCUT2D eigenvalue weighted by Gasteiger charge is 2.38. The first-order chi connectivity index (χ1) is 43.0. The Balaban J connectivity index is 1.03. The monoisotopic (exact) mass is 1340 g/mol. The number of aromatic nitrogens is 7. The van der Waals surface area contributed by atoms with Crippen molar-refractivity contribution >= 4 is 121 Å². The number of nitrogens with zero attached hydrogens (tertiary/aromatic N) is 9. The van der Waals surface area contributed by atoms with Crippen molar-refractivity contribution in [2.75, 3.05) is 32.7 Å². The quantitative estimate of drug-likeness (QED) is 0.0564. The van der Waals surface area contributed by atoms with E-state index < -0.39 is 77.5 Å². The predicted octanol–water partition coefficient (Wildman–Crippen LogP) is 6.60. The fourth-order valence-corrected chi connectivity index (χ4v) is 15.2. The van der Waals surface area contributed by atoms with Gasteiger partial charge in [0.2, 0.25) is 5.91 Å². The molecule has 0 aliphatic carbocycles. The van der Waals surface area contributed by atoms with Crippen LogP contribution in [-0.4, -0.2) is 165 Å². The van der Waals surface area contributed by atoms with E-state index in [4.69, 9.17) is 24.7 Å². The molecule has 6 atom stereocenters. The first-order valence-corrected chi connectivity index (χ1v) is 33.8. The van der Waals surface area contributed by atoms with E-state index >= 15 is 0 Å². The molecule has 0 saturated carbocycles. The summed E-state index contributed by atoms with van der Waals surface area (Å²) >= 11 is 6.69. The third-order valence-corrected chi connectivity index (χ3v) is 20.0. The largest absolute Gasteiger partial charge is 0.444 e. The van der Waals surface area contributed by atoms with Gasteiger partial charge in [-0.1, -0.05) is 12.2 Å². The van der Waals surface area contributed by atoms with Crippen molar-refractivity contribution in [2.45, 2.75) is 116 Å². The van der Waals surface area contributed by atoms with E-state index in [2.05, 4.69) is 51.8 Å². The number of allylic oxidation sites excluding steroid dienone is 2. The standard InChI is InChI=1S/C58H63N15O11S6/c1-8-32(45(76)59-19-27(3)74)61-46(77)36-23-87-54(66-36)40-26-88-53(68-40)34-15-14-31-43(60-34)35-21-89-55(63-35)42(29(5)84-57(82)73-18-12-13-30(73)20-72-16-10-11-17-72)70-48(79)38-25-90-56(67-38)44(58(6,7)83)71-49(80)39-24-86-52(65-39)33(9-2)62-50(81)41(28(4)75)69-47(78)37-22-85-51(31)64-37/h8-9,14-15,21-26,28-30,41-42,44,75,83H,10-13,16-20H2,1-7H3,(H,59,76)(H,61,77)(H,62,81)(H,69,78)(H,70,79)(H,71,80)/b32-8-,33-9-/t28?,29?,30-,41?,42?,44?/m0/s1. The Bertz CT molecular complexity index is 3940. The van der Waals surface area contributed by atoms with Gasteiger partial charge in [-0.15, -0.1) is 68.0 Å². The smallest absolute Gasteiger partial charge is 0.410 e. The van der Waals surface area contributed by atoms with Crippen LogP contribution in [-0.2, 0) is 19.1 Å². The fourth-order valence-electron chi connectivity index (χ4n) is 9.99. The van der Waals surface area contributed by atoms with E-state index in [0.29, 0.717) is 43.5 Å². The molecule has 26 nitrogen and oxygen atoms in total. The molecule has 0 aromatic carbocycles. The van der Waals surface area contributed by atoms with Gasteiger partial charge in [0.1, 0.15) is 106 Å². The minimum atomic E-state index is -1.63. The van der Waals surface area contributed by atoms with Crippen LogP contribution in [0.15, 0.2) is 62.3 Å². The molecule has 90 heavy (non-hydrogen) atoms. The van der Waals surface area contributed by atoms with Crippen LogP contribution in [0.3, 0.4) is 0 Å². The summed E-state index contributed by atoms with van der Waals surface area (Å²) in [6.07, 6.45) is 3.77. The molecule has 3 aliphatic heterocycles. The summed E-state index contributed by atoms with van der Waals surface area (Å²) in [5, 5.41) is 49.8. The number of thiazole rings is 6. The summed E-state index contributed by atoms with van der Waals surface area (Å²) in [5.74, 6) is -4.53. The molecule has 32 heteroatoms. The van der Waals surface area contributed by atoms with E-state index in [1.165, 1.54) is 66.6 Å². The SMILES string of the molecule is C/C=C(\NC(=O)c1csc(-c2csc(-c3ccc4c(n3)-c3csc(n3)C(C(C)OC(=O)N3CCC[C@H]3CN3CCCC3)NC(=O)c3csc(n3)C(C(C)(C)O)NC(=O)c3csc(n3)/C(=C/C)NC(=O)C(C(C)O)NC(=O)c3csc-4n3)n2)n1)C(=O)NCC(C)=O. The van der Waals surface area contributed by atoms with Crippen molar-refractivity contribution in [3.05, 3.63) is 100 Å². The van der Waals surface area contributed by atoms with Crippen LogP contribution in [0, 0.1) is 0 Å². The number of amides is 7. The molecule has 7 amide bonds. The van der Waals surface area contributed by atoms with Gasteiger partial charge < -0.3 is 56.7 Å². The number of hydrogen-bond acceptors (Lipinski definition) is 25. The lowest BCUT2D eigenvalue weighted by Crippen LogP contribution is -2.52. The first-order valence-electron chi connectivity index (χ1n) is 28.6. The highest BCUT2D eigenvalue weighted by molar-refractivity contribution is 7.15. The molecule has 7 aromatic rings. The first kappa shape index (κ1) is 65.0. The Kier molecular flexibility index (Phi) is 20.3. The maximum Gasteiger partial charge on any atom is 0.410 e. The second-order valence-corrected chi connectivity index (χ2v) is 27.1. The van der Waals surface area contributed by atoms with Gasteiger partial charge in [-0.25, -0.2) is 39.7 Å². The number of aliphatic hydroxyl groups is 2. The Morgan fingerprint density at radius 2 is 1.31 bits per heavy atom. The molecule has 10 heterocycles. The third kappa shape index (κ3) is 14.9. The molecule has 7 aromatic heterocycles. The molecule has 5 unspecified atom stereocenters. The minimum absolute atomic E-state index is 0.0171. The zero-order valence-corrected chi connectivity index (χ0v) is 54.5. The zero-order valence-electron chi connectivity index (χ0n) is 49.6. The van der Waals surface area contributed by atoms with Crippen molar-refractivity contribution in [2.24, 2.45) is 0 Å². The Morgan fingerprint density at radius 1 is 0.711 bits per heavy atom. The highest BCUT2D eigenvalue weighted by Crippen LogP contribution is 2.39. The molecule has 0 spiro atoms. The highest BCUT2D eigenvalue weighted by atomic mass is 32.1. The van der Waals surface area contributed by atoms with Crippen molar-refractivity contribution in [3.8, 4) is 43.4 Å². The molecule has 472 valence electrons. The number of likely N-dealkylation sites (tertiary alicyclic amines) is 2. The van der Waals surface area contributed by atoms with Crippen molar-refractivity contribution in [1.82, 2.24) is 76.6 Å². The molecule has 10 rings (SSSR count). The number of carbonyl (C=O) groups excluding carboxylic acids is 8. The predicted molar refractivity (Wildman–Crippen MR) is 341 cm³/mol. The number of ether oxygens (including phenoxy) is 1. The average molecular weight is 1340 g/mol. The van der Waals surface area contributed by atoms with Gasteiger partial charge in [0.15, 0.2) is 0 Å². The summed E-state index contributed by atoms with van der Waals surface area (Å²) in [4.78, 5) is 146. The molecule has 8 bridgehead atoms. The maximum atomic E-state index is 14.7. The molecule has 0 radical (unpaired) electrons. The number of hydrogen-bond donors (Lipinski definition) is 8. The molecule has 8 N–H and O–H groups in total. The third-order valence-electron chi connectivity index (χ3n) is 14.7. The molecule has 3 aliphatic rings. The zero-order chi connectivity index (χ0) is 64.1. The summed E-state index contributed by atoms with van der Waals surface area (Å²) in [6.45, 7) is 13.4. The van der Waals surface area contributed by atoms with Crippen molar-refractivity contribution < 1.29 is 53.3 Å². The van der Waals surface area contributed by atoms with Crippen molar-refractivity contribution in [1.29, 1.82) is 0 Å². The summed E-state index contributed by atoms with van der Waals surface area (Å²) < 4.78 is 6.29. The minimum Gasteiger partial charge on any atom is -0.444 e. The van der Waals surface area contributed by atoms with Gasteiger partial charge >= 0.3 is 6.09 Å². The number of pyridine rings is 1. The number of Topliss-reactive ketones (excluding diaryl/α,β-unsaturated/α-hetero) is 1. The number of aliphatic hydroxyl groups excluding tert-OH is 1. The summed E-state index contributed by atoms with van der Waals surface area (Å²) in [6, 6.07) is -0.384. The van der Waals surface area contributed by atoms with Gasteiger partial charge in [-0.3, -0.25) is 33.6 Å². The van der Waals surface area contributed by atoms with Crippen LogP contribution in [0.1, 0.15) is 143 Å². The number of nitrogens with one attached hydrogen (secondary N) is 6. The van der Waals surface area contributed by atoms with Gasteiger partial charge in [0, 0.05) is 57.0 Å². The van der Waals surface area contributed by atoms with Crippen LogP contribution < -0.4 is 31.9 Å². The number of ketones is 1. The Morgan fingerprint density at radius 3 is 2.01 bits per heavy atom. The van der Waals surface area contributed by atoms with Crippen LogP contribution >= 0.6 is 68.0 Å². The van der Waals surface area contributed by atoms with Crippen molar-refractivity contribution in [3.63, 3.8) is 0 Å². The molecule has 2 fully saturated rings. The van der Waals surface area contributed by atoms with E-state index in [9.17, 15) is 48.6 Å². The second kappa shape index (κ2) is 28.1. The van der Waals surface area contributed by atoms with Crippen LogP contribution in [0.2, 0.25) is 0 Å². The second-order valence-electron chi connectivity index (χ2n) is 21.9. The van der Waals surface area contributed by atoms with E-state index in [-0.39, 0.29) is 73.9 Å². The Hall–Kier alpha value is -7.95. The molecular formula is C58H63N15O11S6. The van der Waals surface area contributed by atoms with Gasteiger partial charge in [0.05, 0.1) is 29.6 Å². The number of carbonyl (C=O) groups is 8. The summed E-state index contributed by atoms with van der Waals surface area (Å²) in [7, 11) is 0. The maximum absolute atomic E-state index is 14.7. The van der Waals surface area contributed by atoms with Crippen LogP contribution in [0.4, 0.5) is 4.79 Å². The van der Waals surface area contributed by atoms with E-state index in [1.54, 1.807) is 54.6 Å². The van der Waals surface area contributed by atoms with Gasteiger partial charge in [-0.05, 0) is 99.4 Å². The lowest BCUT2D eigenvalue weighted by Gasteiger charge is -2.30. The normalized spacial score (nSPS) is 19.9. The summed E-state index contributed by atoms with van der Waals surface area (Å²) in [5.41, 5.74) is 0.0243. The Labute approximate surface area is 539 Å². The molecular weight excluding hydrogens is 1280 g/mol. The van der Waals surface area contributed by atoms with Crippen LogP contribution in [0.5, 0.6) is 0 Å². The molecule has 2 saturated heterocycles. The topological polar surface area (TPSA) is 355 Å². The van der Waals surface area contributed by atoms with E-state index in [1.807, 2.05) is 0 Å². The van der Waals surface area contributed by atoms with E-state index in [0.717, 1.165) is 102 Å². The van der Waals surface area contributed by atoms with Gasteiger partial charge in [-0.2, -0.15) is 0 Å². The van der Waals surface area contributed by atoms with Gasteiger partial charge in [0.25, 0.3) is 29.5 Å². The lowest BCUT2D eigenvalue weighted by molar-refractivity contribution is -0.124. The fraction of sp³-hybridized carbons (Fsp3) is 0.397.